The lowest BCUT2D eigenvalue weighted by atomic mass is 10.00. The molecule has 0 aromatic rings. The molecule has 0 bridgehead atoms. The van der Waals surface area contributed by atoms with Crippen molar-refractivity contribution in [2.24, 2.45) is 17.2 Å². The molecule has 6 N–H and O–H groups in total. The van der Waals surface area contributed by atoms with Gasteiger partial charge in [0, 0.05) is 30.2 Å². The van der Waals surface area contributed by atoms with Gasteiger partial charge < -0.3 is 22.1 Å². The van der Waals surface area contributed by atoms with Crippen LogP contribution in [0.15, 0.2) is 12.2 Å². The second kappa shape index (κ2) is 6.68. The summed E-state index contributed by atoms with van der Waals surface area (Å²) in [6.07, 6.45) is 2.44. The Morgan fingerprint density at radius 1 is 0.857 bits per heavy atom. The number of carbonyl (C=O) groups excluding carboxylic acids is 2. The van der Waals surface area contributed by atoms with E-state index in [4.69, 9.17) is 17.2 Å². The largest absolute Gasteiger partial charge is 0.336 e. The molecule has 6 nitrogen and oxygen atoms in total. The van der Waals surface area contributed by atoms with Gasteiger partial charge in [0.15, 0.2) is 5.78 Å². The summed E-state index contributed by atoms with van der Waals surface area (Å²) >= 11 is 0. The summed E-state index contributed by atoms with van der Waals surface area (Å²) in [5, 5.41) is 0. The van der Waals surface area contributed by atoms with Gasteiger partial charge in [0.25, 0.3) is 0 Å². The maximum Gasteiger partial charge on any atom is 0.246 e. The SMILES string of the molecule is CC(C)(N)CN(CC(C)(C)N)C(=O)C=CC(=O)C(C)(C)N. The fraction of sp³-hybridized carbons (Fsp3) is 0.733. The lowest BCUT2D eigenvalue weighted by Crippen LogP contribution is -2.53. The van der Waals surface area contributed by atoms with Gasteiger partial charge in [0.05, 0.1) is 5.54 Å². The monoisotopic (exact) mass is 298 g/mol. The number of nitrogens with two attached hydrogens (primary N) is 3. The smallest absolute Gasteiger partial charge is 0.246 e. The molecule has 0 aliphatic rings. The third-order valence-corrected chi connectivity index (χ3v) is 2.52. The summed E-state index contributed by atoms with van der Waals surface area (Å²) in [7, 11) is 0. The zero-order valence-corrected chi connectivity index (χ0v) is 14.1. The lowest BCUT2D eigenvalue weighted by molar-refractivity contribution is -0.128. The van der Waals surface area contributed by atoms with E-state index in [1.54, 1.807) is 18.7 Å². The zero-order valence-electron chi connectivity index (χ0n) is 14.1. The summed E-state index contributed by atoms with van der Waals surface area (Å²) in [5.74, 6) is -0.612. The van der Waals surface area contributed by atoms with Crippen molar-refractivity contribution in [2.45, 2.75) is 58.2 Å². The van der Waals surface area contributed by atoms with E-state index in [1.807, 2.05) is 27.7 Å². The van der Waals surface area contributed by atoms with Crippen LogP contribution in [0.3, 0.4) is 0 Å². The molecule has 0 aliphatic carbocycles. The first-order chi connectivity index (χ1) is 9.12. The molecule has 0 aliphatic heterocycles. The third kappa shape index (κ3) is 9.33. The average molecular weight is 298 g/mol. The number of hydrogen-bond donors (Lipinski definition) is 3. The van der Waals surface area contributed by atoms with E-state index in [0.717, 1.165) is 0 Å². The van der Waals surface area contributed by atoms with Crippen molar-refractivity contribution >= 4 is 11.7 Å². The molecule has 0 aromatic heterocycles. The molecule has 1 amide bonds. The number of carbonyl (C=O) groups is 2. The maximum absolute atomic E-state index is 12.3. The van der Waals surface area contributed by atoms with Crippen molar-refractivity contribution in [2.75, 3.05) is 13.1 Å². The topological polar surface area (TPSA) is 115 Å². The molecule has 0 saturated heterocycles. The number of nitrogens with zero attached hydrogens (tertiary/aromatic N) is 1. The van der Waals surface area contributed by atoms with Gasteiger partial charge in [-0.25, -0.2) is 0 Å². The van der Waals surface area contributed by atoms with Crippen molar-refractivity contribution in [1.29, 1.82) is 0 Å². The van der Waals surface area contributed by atoms with E-state index >= 15 is 0 Å². The molecule has 0 atom stereocenters. The fourth-order valence-corrected chi connectivity index (χ4v) is 1.66. The highest BCUT2D eigenvalue weighted by Gasteiger charge is 2.25. The summed E-state index contributed by atoms with van der Waals surface area (Å²) in [6, 6.07) is 0. The van der Waals surface area contributed by atoms with Gasteiger partial charge >= 0.3 is 0 Å². The van der Waals surface area contributed by atoms with Gasteiger partial charge in [0.2, 0.25) is 5.91 Å². The van der Waals surface area contributed by atoms with Crippen LogP contribution in [0, 0.1) is 0 Å². The number of ketones is 1. The van der Waals surface area contributed by atoms with Crippen LogP contribution >= 0.6 is 0 Å². The van der Waals surface area contributed by atoms with Crippen molar-refractivity contribution in [1.82, 2.24) is 4.90 Å². The molecule has 6 heteroatoms. The van der Waals surface area contributed by atoms with Crippen molar-refractivity contribution in [3.8, 4) is 0 Å². The Labute approximate surface area is 127 Å². The number of hydrogen-bond acceptors (Lipinski definition) is 5. The van der Waals surface area contributed by atoms with Gasteiger partial charge in [-0.1, -0.05) is 0 Å². The molecular formula is C15H30N4O2. The molecule has 0 spiro atoms. The molecule has 0 rings (SSSR count). The Hall–Kier alpha value is -1.24. The van der Waals surface area contributed by atoms with Crippen LogP contribution in [0.25, 0.3) is 0 Å². The van der Waals surface area contributed by atoms with Crippen LogP contribution in [0.2, 0.25) is 0 Å². The molecule has 0 fully saturated rings. The Balaban J connectivity index is 5.04. The van der Waals surface area contributed by atoms with Crippen LogP contribution in [0.1, 0.15) is 41.5 Å². The Morgan fingerprint density at radius 2 is 1.24 bits per heavy atom. The maximum atomic E-state index is 12.3. The van der Waals surface area contributed by atoms with Gasteiger partial charge in [-0.2, -0.15) is 0 Å². The summed E-state index contributed by atoms with van der Waals surface area (Å²) in [4.78, 5) is 25.5. The minimum Gasteiger partial charge on any atom is -0.336 e. The van der Waals surface area contributed by atoms with Crippen molar-refractivity contribution in [3.63, 3.8) is 0 Å². The predicted molar refractivity (Wildman–Crippen MR) is 85.5 cm³/mol. The molecule has 0 radical (unpaired) electrons. The predicted octanol–water partition coefficient (Wildman–Crippen LogP) is 0.152. The normalized spacial score (nSPS) is 13.6. The van der Waals surface area contributed by atoms with E-state index in [9.17, 15) is 9.59 Å². The minimum atomic E-state index is -0.998. The first-order valence-electron chi connectivity index (χ1n) is 7.00. The molecule has 0 aromatic carbocycles. The first kappa shape index (κ1) is 19.8. The van der Waals surface area contributed by atoms with Crippen molar-refractivity contribution < 1.29 is 9.59 Å². The standard InChI is InChI=1S/C15H30N4O2/c1-13(2,16)9-19(10-14(3,4)17)12(21)8-7-11(20)15(5,6)18/h7-8H,9-10,16-18H2,1-6H3. The highest BCUT2D eigenvalue weighted by molar-refractivity contribution is 6.02. The lowest BCUT2D eigenvalue weighted by Gasteiger charge is -2.34. The number of rotatable bonds is 7. The molecule has 21 heavy (non-hydrogen) atoms. The van der Waals surface area contributed by atoms with Gasteiger partial charge in [0.1, 0.15) is 0 Å². The average Bonchev–Trinajstić information content (AvgIpc) is 2.18. The molecule has 0 heterocycles. The van der Waals surface area contributed by atoms with Gasteiger partial charge in [-0.15, -0.1) is 0 Å². The van der Waals surface area contributed by atoms with Crippen LogP contribution in [-0.4, -0.2) is 46.3 Å². The quantitative estimate of drug-likeness (QED) is 0.579. The van der Waals surface area contributed by atoms with Crippen molar-refractivity contribution in [3.05, 3.63) is 12.2 Å². The second-order valence-electron chi connectivity index (χ2n) is 7.59. The highest BCUT2D eigenvalue weighted by atomic mass is 16.2. The van der Waals surface area contributed by atoms with E-state index in [1.165, 1.54) is 12.2 Å². The summed E-state index contributed by atoms with van der Waals surface area (Å²) in [5.41, 5.74) is 15.5. The molecular weight excluding hydrogens is 268 g/mol. The van der Waals surface area contributed by atoms with Gasteiger partial charge in [-0.05, 0) is 47.6 Å². The fourth-order valence-electron chi connectivity index (χ4n) is 1.66. The zero-order chi connectivity index (χ0) is 17.1. The van der Waals surface area contributed by atoms with Crippen LogP contribution in [-0.2, 0) is 9.59 Å². The Bertz CT molecular complexity index is 393. The summed E-state index contributed by atoms with van der Waals surface area (Å²) < 4.78 is 0. The van der Waals surface area contributed by atoms with Crippen LogP contribution < -0.4 is 17.2 Å². The molecule has 0 saturated carbocycles. The van der Waals surface area contributed by atoms with Crippen LogP contribution in [0.5, 0.6) is 0 Å². The Morgan fingerprint density at radius 3 is 1.52 bits per heavy atom. The van der Waals surface area contributed by atoms with E-state index < -0.39 is 16.6 Å². The van der Waals surface area contributed by atoms with E-state index in [2.05, 4.69) is 0 Å². The Kier molecular flexibility index (Phi) is 6.29. The van der Waals surface area contributed by atoms with E-state index in [0.29, 0.717) is 13.1 Å². The molecule has 0 unspecified atom stereocenters. The number of amides is 1. The second-order valence-corrected chi connectivity index (χ2v) is 7.59. The third-order valence-electron chi connectivity index (χ3n) is 2.52. The first-order valence-corrected chi connectivity index (χ1v) is 7.00. The minimum absolute atomic E-state index is 0.301. The molecule has 122 valence electrons. The van der Waals surface area contributed by atoms with Gasteiger partial charge in [-0.3, -0.25) is 9.59 Å². The van der Waals surface area contributed by atoms with Crippen LogP contribution in [0.4, 0.5) is 0 Å². The highest BCUT2D eigenvalue weighted by Crippen LogP contribution is 2.09. The summed E-state index contributed by atoms with van der Waals surface area (Å²) in [6.45, 7) is 11.2. The van der Waals surface area contributed by atoms with E-state index in [-0.39, 0.29) is 11.7 Å².